The molecule has 0 bridgehead atoms. The quantitative estimate of drug-likeness (QED) is 0.798. The van der Waals surface area contributed by atoms with Crippen molar-refractivity contribution in [3.05, 3.63) is 0 Å². The Kier molecular flexibility index (Phi) is 3.62. The normalized spacial score (nSPS) is 21.3. The molecule has 5 heteroatoms. The summed E-state index contributed by atoms with van der Waals surface area (Å²) >= 11 is 0. The monoisotopic (exact) mass is 224 g/mol. The maximum atomic E-state index is 12.1. The van der Waals surface area contributed by atoms with E-state index >= 15 is 0 Å². The van der Waals surface area contributed by atoms with Gasteiger partial charge in [-0.1, -0.05) is 19.3 Å². The number of aliphatic carboxylic acids is 1. The number of carboxylic acids is 1. The number of rotatable bonds is 3. The van der Waals surface area contributed by atoms with E-state index in [1.54, 1.807) is 0 Å². The van der Waals surface area contributed by atoms with Crippen molar-refractivity contribution in [3.8, 4) is 0 Å². The number of alkyl halides is 3. The number of carbonyl (C=O) groups is 1. The second kappa shape index (κ2) is 4.41. The average molecular weight is 224 g/mol. The Morgan fingerprint density at radius 3 is 2.13 bits per heavy atom. The van der Waals surface area contributed by atoms with Crippen LogP contribution in [0, 0.1) is 5.41 Å². The molecule has 0 heterocycles. The Bertz CT molecular complexity index is 229. The molecule has 0 radical (unpaired) electrons. The summed E-state index contributed by atoms with van der Waals surface area (Å²) in [5.74, 6) is -1.06. The van der Waals surface area contributed by atoms with Gasteiger partial charge >= 0.3 is 12.1 Å². The fourth-order valence-corrected chi connectivity index (χ4v) is 2.18. The van der Waals surface area contributed by atoms with Crippen molar-refractivity contribution in [2.24, 2.45) is 5.41 Å². The van der Waals surface area contributed by atoms with E-state index in [1.807, 2.05) is 0 Å². The van der Waals surface area contributed by atoms with Crippen LogP contribution in [0.2, 0.25) is 0 Å². The number of halogens is 3. The predicted octanol–water partition coefficient (Wildman–Crippen LogP) is 3.36. The zero-order valence-electron chi connectivity index (χ0n) is 8.44. The van der Waals surface area contributed by atoms with Crippen molar-refractivity contribution in [2.45, 2.75) is 51.1 Å². The maximum absolute atomic E-state index is 12.1. The molecule has 1 fully saturated rings. The Morgan fingerprint density at radius 2 is 1.73 bits per heavy atom. The van der Waals surface area contributed by atoms with E-state index in [9.17, 15) is 18.0 Å². The Labute approximate surface area is 86.5 Å². The van der Waals surface area contributed by atoms with E-state index in [2.05, 4.69) is 0 Å². The molecule has 1 aliphatic rings. The van der Waals surface area contributed by atoms with E-state index in [1.165, 1.54) is 0 Å². The van der Waals surface area contributed by atoms with Gasteiger partial charge < -0.3 is 5.11 Å². The molecule has 1 rings (SSSR count). The van der Waals surface area contributed by atoms with Gasteiger partial charge in [0.05, 0.1) is 5.41 Å². The molecule has 0 unspecified atom stereocenters. The van der Waals surface area contributed by atoms with Crippen LogP contribution in [0.4, 0.5) is 13.2 Å². The average Bonchev–Trinajstić information content (AvgIpc) is 2.15. The Balaban J connectivity index is 2.61. The first kappa shape index (κ1) is 12.3. The molecule has 88 valence electrons. The molecule has 0 amide bonds. The highest BCUT2D eigenvalue weighted by Gasteiger charge is 2.42. The summed E-state index contributed by atoms with van der Waals surface area (Å²) in [6.07, 6.45) is -2.35. The highest BCUT2D eigenvalue weighted by molar-refractivity contribution is 5.74. The predicted molar refractivity (Wildman–Crippen MR) is 48.4 cm³/mol. The second-order valence-corrected chi connectivity index (χ2v) is 4.26. The summed E-state index contributed by atoms with van der Waals surface area (Å²) in [5, 5.41) is 9.02. The molecule has 0 saturated heterocycles. The van der Waals surface area contributed by atoms with Crippen LogP contribution < -0.4 is 0 Å². The fourth-order valence-electron chi connectivity index (χ4n) is 2.18. The minimum absolute atomic E-state index is 0.272. The largest absolute Gasteiger partial charge is 0.481 e. The Hall–Kier alpha value is -0.740. The molecule has 0 aromatic rings. The topological polar surface area (TPSA) is 37.3 Å². The van der Waals surface area contributed by atoms with Crippen LogP contribution >= 0.6 is 0 Å². The number of hydrogen-bond acceptors (Lipinski definition) is 1. The van der Waals surface area contributed by atoms with Crippen LogP contribution in [-0.4, -0.2) is 17.3 Å². The maximum Gasteiger partial charge on any atom is 0.389 e. The highest BCUT2D eigenvalue weighted by atomic mass is 19.4. The van der Waals surface area contributed by atoms with Crippen LogP contribution in [0.25, 0.3) is 0 Å². The van der Waals surface area contributed by atoms with Crippen molar-refractivity contribution >= 4 is 5.97 Å². The zero-order chi connectivity index (χ0) is 11.5. The molecule has 0 aromatic heterocycles. The van der Waals surface area contributed by atoms with Gasteiger partial charge in [-0.2, -0.15) is 13.2 Å². The molecule has 0 aromatic carbocycles. The van der Waals surface area contributed by atoms with Gasteiger partial charge in [-0.25, -0.2) is 0 Å². The van der Waals surface area contributed by atoms with E-state index in [-0.39, 0.29) is 6.42 Å². The molecule has 1 aliphatic carbocycles. The highest BCUT2D eigenvalue weighted by Crippen LogP contribution is 2.42. The third-order valence-electron chi connectivity index (χ3n) is 3.15. The molecule has 1 N–H and O–H groups in total. The van der Waals surface area contributed by atoms with Gasteiger partial charge in [-0.15, -0.1) is 0 Å². The number of hydrogen-bond donors (Lipinski definition) is 1. The standard InChI is InChI=1S/C10H15F3O2/c11-10(12,13)7-6-9(8(14)15)4-2-1-3-5-9/h1-7H2,(H,14,15). The van der Waals surface area contributed by atoms with E-state index in [0.717, 1.165) is 19.3 Å². The number of carboxylic acid groups (broad SMARTS) is 1. The van der Waals surface area contributed by atoms with Crippen molar-refractivity contribution in [2.75, 3.05) is 0 Å². The van der Waals surface area contributed by atoms with Gasteiger partial charge in [0, 0.05) is 6.42 Å². The summed E-state index contributed by atoms with van der Waals surface area (Å²) in [6, 6.07) is 0. The van der Waals surface area contributed by atoms with Crippen molar-refractivity contribution in [1.82, 2.24) is 0 Å². The van der Waals surface area contributed by atoms with Crippen molar-refractivity contribution < 1.29 is 23.1 Å². The molecule has 0 aliphatic heterocycles. The Morgan fingerprint density at radius 1 is 1.20 bits per heavy atom. The summed E-state index contributed by atoms with van der Waals surface area (Å²) in [4.78, 5) is 11.0. The van der Waals surface area contributed by atoms with Gasteiger partial charge in [0.15, 0.2) is 0 Å². The molecule has 15 heavy (non-hydrogen) atoms. The SMILES string of the molecule is O=C(O)C1(CCC(F)(F)F)CCCCC1. The first-order valence-corrected chi connectivity index (χ1v) is 5.16. The van der Waals surface area contributed by atoms with Crippen molar-refractivity contribution in [3.63, 3.8) is 0 Å². The van der Waals surface area contributed by atoms with Gasteiger partial charge in [0.25, 0.3) is 0 Å². The first-order chi connectivity index (χ1) is 6.86. The molecule has 0 spiro atoms. The van der Waals surface area contributed by atoms with Crippen LogP contribution in [0.5, 0.6) is 0 Å². The van der Waals surface area contributed by atoms with Crippen molar-refractivity contribution in [1.29, 1.82) is 0 Å². The smallest absolute Gasteiger partial charge is 0.389 e. The van der Waals surface area contributed by atoms with Gasteiger partial charge in [-0.3, -0.25) is 4.79 Å². The lowest BCUT2D eigenvalue weighted by molar-refractivity contribution is -0.160. The lowest BCUT2D eigenvalue weighted by Gasteiger charge is -2.33. The summed E-state index contributed by atoms with van der Waals surface area (Å²) in [5.41, 5.74) is -1.12. The molecule has 1 saturated carbocycles. The molecule has 2 nitrogen and oxygen atoms in total. The van der Waals surface area contributed by atoms with E-state index in [0.29, 0.717) is 12.8 Å². The summed E-state index contributed by atoms with van der Waals surface area (Å²) in [6.45, 7) is 0. The van der Waals surface area contributed by atoms with Gasteiger partial charge in [0.2, 0.25) is 0 Å². The zero-order valence-corrected chi connectivity index (χ0v) is 8.44. The lowest BCUT2D eigenvalue weighted by atomic mass is 9.71. The molecular formula is C10H15F3O2. The summed E-state index contributed by atoms with van der Waals surface area (Å²) < 4.78 is 36.2. The first-order valence-electron chi connectivity index (χ1n) is 5.16. The fraction of sp³-hybridized carbons (Fsp3) is 0.900. The van der Waals surface area contributed by atoms with Gasteiger partial charge in [0.1, 0.15) is 0 Å². The third kappa shape index (κ3) is 3.39. The van der Waals surface area contributed by atoms with Crippen LogP contribution in [-0.2, 0) is 4.79 Å². The van der Waals surface area contributed by atoms with E-state index < -0.39 is 24.0 Å². The van der Waals surface area contributed by atoms with Gasteiger partial charge in [-0.05, 0) is 19.3 Å². The lowest BCUT2D eigenvalue weighted by Crippen LogP contribution is -2.34. The van der Waals surface area contributed by atoms with Crippen LogP contribution in [0.1, 0.15) is 44.9 Å². The molecular weight excluding hydrogens is 209 g/mol. The minimum Gasteiger partial charge on any atom is -0.481 e. The van der Waals surface area contributed by atoms with Crippen LogP contribution in [0.3, 0.4) is 0 Å². The third-order valence-corrected chi connectivity index (χ3v) is 3.15. The van der Waals surface area contributed by atoms with E-state index in [4.69, 9.17) is 5.11 Å². The van der Waals surface area contributed by atoms with Crippen LogP contribution in [0.15, 0.2) is 0 Å². The second-order valence-electron chi connectivity index (χ2n) is 4.26. The summed E-state index contributed by atoms with van der Waals surface area (Å²) in [7, 11) is 0. The molecule has 0 atom stereocenters. The minimum atomic E-state index is -4.25.